The van der Waals surface area contributed by atoms with Gasteiger partial charge in [0.2, 0.25) is 0 Å². The maximum Gasteiger partial charge on any atom is 0.179 e. The van der Waals surface area contributed by atoms with Gasteiger partial charge in [-0.2, -0.15) is 0 Å². The maximum atomic E-state index is 5.98. The van der Waals surface area contributed by atoms with Gasteiger partial charge in [0.05, 0.1) is 14.2 Å². The summed E-state index contributed by atoms with van der Waals surface area (Å²) in [5.41, 5.74) is 6.61. The van der Waals surface area contributed by atoms with Crippen LogP contribution in [0.1, 0.15) is 5.01 Å². The van der Waals surface area contributed by atoms with Crippen LogP contribution in [0.3, 0.4) is 0 Å². The van der Waals surface area contributed by atoms with E-state index in [0.717, 1.165) is 14.2 Å². The lowest BCUT2D eigenvalue weighted by Gasteiger charge is -2.11. The largest absolute Gasteiger partial charge is 0.493 e. The van der Waals surface area contributed by atoms with E-state index in [1.54, 1.807) is 20.3 Å². The van der Waals surface area contributed by atoms with E-state index < -0.39 is 0 Å². The Morgan fingerprint density at radius 1 is 1.17 bits per heavy atom. The van der Waals surface area contributed by atoms with Gasteiger partial charge < -0.3 is 15.2 Å². The van der Waals surface area contributed by atoms with E-state index in [1.807, 2.05) is 13.0 Å². The fourth-order valence-electron chi connectivity index (χ4n) is 1.38. The van der Waals surface area contributed by atoms with Crippen LogP contribution in [0.15, 0.2) is 21.4 Å². The second-order valence-electron chi connectivity index (χ2n) is 3.43. The molecule has 18 heavy (non-hydrogen) atoms. The lowest BCUT2D eigenvalue weighted by molar-refractivity contribution is 0.354. The van der Waals surface area contributed by atoms with Gasteiger partial charge in [-0.1, -0.05) is 23.1 Å². The summed E-state index contributed by atoms with van der Waals surface area (Å²) >= 11 is 3.00. The molecular weight excluding hydrogens is 270 g/mol. The number of rotatable bonds is 4. The Bertz CT molecular complexity index is 557. The van der Waals surface area contributed by atoms with E-state index in [0.29, 0.717) is 17.2 Å². The molecule has 1 heterocycles. The van der Waals surface area contributed by atoms with E-state index in [9.17, 15) is 0 Å². The first-order valence-corrected chi connectivity index (χ1v) is 6.76. The summed E-state index contributed by atoms with van der Waals surface area (Å²) in [7, 11) is 3.18. The van der Waals surface area contributed by atoms with Crippen molar-refractivity contribution < 1.29 is 9.47 Å². The van der Waals surface area contributed by atoms with Crippen molar-refractivity contribution in [3.8, 4) is 11.5 Å². The van der Waals surface area contributed by atoms with Crippen LogP contribution in [0, 0.1) is 6.92 Å². The summed E-state index contributed by atoms with van der Waals surface area (Å²) in [6, 6.07) is 3.59. The fourth-order valence-corrected chi connectivity index (χ4v) is 3.20. The van der Waals surface area contributed by atoms with Crippen molar-refractivity contribution in [1.82, 2.24) is 10.2 Å². The molecule has 2 aromatic rings. The second kappa shape index (κ2) is 5.45. The van der Waals surface area contributed by atoms with E-state index >= 15 is 0 Å². The number of hydrogen-bond donors (Lipinski definition) is 1. The third-order valence-corrected chi connectivity index (χ3v) is 4.18. The number of methoxy groups -OCH3 is 2. The predicted molar refractivity (Wildman–Crippen MR) is 72.7 cm³/mol. The zero-order valence-corrected chi connectivity index (χ0v) is 11.9. The molecule has 0 amide bonds. The van der Waals surface area contributed by atoms with Crippen molar-refractivity contribution >= 4 is 28.8 Å². The molecule has 2 rings (SSSR count). The number of aryl methyl sites for hydroxylation is 1. The smallest absolute Gasteiger partial charge is 0.179 e. The fraction of sp³-hybridized carbons (Fsp3) is 0.273. The number of anilines is 1. The van der Waals surface area contributed by atoms with Crippen molar-refractivity contribution in [2.24, 2.45) is 0 Å². The van der Waals surface area contributed by atoms with Gasteiger partial charge in [-0.05, 0) is 6.92 Å². The van der Waals surface area contributed by atoms with Gasteiger partial charge in [-0.15, -0.1) is 10.2 Å². The van der Waals surface area contributed by atoms with Gasteiger partial charge in [0.25, 0.3) is 0 Å². The molecule has 0 aliphatic carbocycles. The summed E-state index contributed by atoms with van der Waals surface area (Å²) in [6.07, 6.45) is 0. The molecule has 0 saturated heterocycles. The molecule has 0 unspecified atom stereocenters. The first-order valence-electron chi connectivity index (χ1n) is 5.13. The molecule has 0 aliphatic heterocycles. The molecule has 1 aromatic heterocycles. The Morgan fingerprint density at radius 2 is 1.83 bits per heavy atom. The summed E-state index contributed by atoms with van der Waals surface area (Å²) in [5, 5.41) is 8.95. The maximum absolute atomic E-state index is 5.98. The molecule has 0 radical (unpaired) electrons. The standard InChI is InChI=1S/C11H13N3O2S2/c1-6-13-14-11(17-6)18-10-5-9(16-3)8(15-2)4-7(10)12/h4-5H,12H2,1-3H3. The van der Waals surface area contributed by atoms with Crippen molar-refractivity contribution in [3.63, 3.8) is 0 Å². The molecule has 96 valence electrons. The molecule has 7 heteroatoms. The summed E-state index contributed by atoms with van der Waals surface area (Å²) < 4.78 is 11.3. The van der Waals surface area contributed by atoms with Crippen molar-refractivity contribution in [3.05, 3.63) is 17.1 Å². The predicted octanol–water partition coefficient (Wildman–Crippen LogP) is 2.60. The first kappa shape index (κ1) is 13.0. The van der Waals surface area contributed by atoms with Crippen LogP contribution in [0.5, 0.6) is 11.5 Å². The lowest BCUT2D eigenvalue weighted by atomic mass is 10.3. The summed E-state index contributed by atoms with van der Waals surface area (Å²) in [4.78, 5) is 0.879. The Labute approximate surface area is 113 Å². The third kappa shape index (κ3) is 2.68. The zero-order valence-electron chi connectivity index (χ0n) is 10.3. The molecule has 0 atom stereocenters. The second-order valence-corrected chi connectivity index (χ2v) is 5.90. The third-order valence-electron chi connectivity index (χ3n) is 2.22. The van der Waals surface area contributed by atoms with Gasteiger partial charge in [-0.3, -0.25) is 0 Å². The SMILES string of the molecule is COc1cc(N)c(Sc2nnc(C)s2)cc1OC. The van der Waals surface area contributed by atoms with Crippen molar-refractivity contribution in [2.75, 3.05) is 20.0 Å². The number of nitrogens with two attached hydrogens (primary N) is 1. The molecule has 0 bridgehead atoms. The number of nitrogens with zero attached hydrogens (tertiary/aromatic N) is 2. The molecule has 5 nitrogen and oxygen atoms in total. The Hall–Kier alpha value is -1.47. The average molecular weight is 283 g/mol. The normalized spacial score (nSPS) is 10.4. The van der Waals surface area contributed by atoms with Gasteiger partial charge >= 0.3 is 0 Å². The Kier molecular flexibility index (Phi) is 3.93. The van der Waals surface area contributed by atoms with E-state index in [1.165, 1.54) is 23.1 Å². The number of aromatic nitrogens is 2. The molecule has 0 fully saturated rings. The van der Waals surface area contributed by atoms with Crippen molar-refractivity contribution in [2.45, 2.75) is 16.2 Å². The highest BCUT2D eigenvalue weighted by Gasteiger charge is 2.12. The van der Waals surface area contributed by atoms with Gasteiger partial charge in [-0.25, -0.2) is 0 Å². The molecule has 0 aliphatic rings. The minimum absolute atomic E-state index is 0.618. The van der Waals surface area contributed by atoms with Crippen LogP contribution in [0.25, 0.3) is 0 Å². The van der Waals surface area contributed by atoms with Crippen LogP contribution >= 0.6 is 23.1 Å². The highest BCUT2D eigenvalue weighted by atomic mass is 32.2. The average Bonchev–Trinajstić information content (AvgIpc) is 2.77. The number of benzene rings is 1. The number of nitrogen functional groups attached to an aromatic ring is 1. The van der Waals surface area contributed by atoms with Gasteiger partial charge in [0.1, 0.15) is 5.01 Å². The number of ether oxygens (including phenoxy) is 2. The van der Waals surface area contributed by atoms with E-state index in [4.69, 9.17) is 15.2 Å². The molecule has 1 aromatic carbocycles. The van der Waals surface area contributed by atoms with Crippen LogP contribution in [-0.2, 0) is 0 Å². The van der Waals surface area contributed by atoms with Crippen LogP contribution in [-0.4, -0.2) is 24.4 Å². The highest BCUT2D eigenvalue weighted by molar-refractivity contribution is 8.01. The molecule has 0 saturated carbocycles. The molecule has 2 N–H and O–H groups in total. The zero-order chi connectivity index (χ0) is 13.1. The monoisotopic (exact) mass is 283 g/mol. The minimum Gasteiger partial charge on any atom is -0.493 e. The molecule has 0 spiro atoms. The molecular formula is C11H13N3O2S2. The van der Waals surface area contributed by atoms with E-state index in [2.05, 4.69) is 10.2 Å². The van der Waals surface area contributed by atoms with Crippen LogP contribution < -0.4 is 15.2 Å². The summed E-state index contributed by atoms with van der Waals surface area (Å²) in [5.74, 6) is 1.27. The van der Waals surface area contributed by atoms with Gasteiger partial charge in [0.15, 0.2) is 15.8 Å². The Morgan fingerprint density at radius 3 is 2.39 bits per heavy atom. The van der Waals surface area contributed by atoms with E-state index in [-0.39, 0.29) is 0 Å². The quantitative estimate of drug-likeness (QED) is 0.870. The first-order chi connectivity index (χ1) is 8.63. The topological polar surface area (TPSA) is 70.3 Å². The van der Waals surface area contributed by atoms with Gasteiger partial charge in [0, 0.05) is 22.7 Å². The Balaban J connectivity index is 2.33. The number of hydrogen-bond acceptors (Lipinski definition) is 7. The van der Waals surface area contributed by atoms with Crippen molar-refractivity contribution in [1.29, 1.82) is 0 Å². The summed E-state index contributed by atoms with van der Waals surface area (Å²) in [6.45, 7) is 1.92. The van der Waals surface area contributed by atoms with Crippen LogP contribution in [0.2, 0.25) is 0 Å². The lowest BCUT2D eigenvalue weighted by Crippen LogP contribution is -1.95. The highest BCUT2D eigenvalue weighted by Crippen LogP contribution is 2.40. The van der Waals surface area contributed by atoms with Crippen LogP contribution in [0.4, 0.5) is 5.69 Å². The minimum atomic E-state index is 0.618.